The molecule has 0 saturated carbocycles. The molecule has 1 unspecified atom stereocenters. The maximum absolute atomic E-state index is 11.1. The third-order valence-corrected chi connectivity index (χ3v) is 3.13. The Balaban J connectivity index is 2.50. The first-order chi connectivity index (χ1) is 5.65. The molecule has 1 saturated heterocycles. The molecule has 1 aliphatic rings. The number of carbonyl (C=O) groups is 2. The van der Waals surface area contributed by atoms with Gasteiger partial charge in [-0.3, -0.25) is 14.5 Å². The molecule has 1 heterocycles. The number of hydrogen-bond acceptors (Lipinski definition) is 4. The molecule has 1 fully saturated rings. The lowest BCUT2D eigenvalue weighted by molar-refractivity contribution is -0.124. The molecule has 0 aliphatic carbocycles. The molecule has 1 atom stereocenters. The van der Waals surface area contributed by atoms with E-state index in [0.29, 0.717) is 18.1 Å². The van der Waals surface area contributed by atoms with Crippen LogP contribution >= 0.6 is 24.4 Å². The molecule has 68 valence electrons. The maximum atomic E-state index is 11.1. The van der Waals surface area contributed by atoms with E-state index in [1.807, 2.05) is 6.92 Å². The molecular weight excluding hydrogens is 194 g/mol. The van der Waals surface area contributed by atoms with Gasteiger partial charge in [0.2, 0.25) is 5.91 Å². The van der Waals surface area contributed by atoms with Crippen LogP contribution < -0.4 is 0 Å². The summed E-state index contributed by atoms with van der Waals surface area (Å²) in [5.74, 6) is 1.21. The van der Waals surface area contributed by atoms with E-state index < -0.39 is 0 Å². The van der Waals surface area contributed by atoms with E-state index in [9.17, 15) is 9.59 Å². The molecular formula is C7H11NO2S2. The minimum absolute atomic E-state index is 0.0707. The van der Waals surface area contributed by atoms with Gasteiger partial charge >= 0.3 is 0 Å². The molecule has 1 rings (SSSR count). The summed E-state index contributed by atoms with van der Waals surface area (Å²) in [6.45, 7) is 2.48. The summed E-state index contributed by atoms with van der Waals surface area (Å²) >= 11 is 5.17. The van der Waals surface area contributed by atoms with Gasteiger partial charge in [-0.2, -0.15) is 12.6 Å². The van der Waals surface area contributed by atoms with Gasteiger partial charge in [-0.15, -0.1) is 0 Å². The van der Waals surface area contributed by atoms with E-state index in [1.54, 1.807) is 0 Å². The Bertz CT molecular complexity index is 192. The van der Waals surface area contributed by atoms with Crippen molar-refractivity contribution >= 4 is 35.5 Å². The molecule has 0 aromatic carbocycles. The first-order valence-corrected chi connectivity index (χ1v) is 5.35. The molecule has 0 N–H and O–H groups in total. The monoisotopic (exact) mass is 205 g/mol. The topological polar surface area (TPSA) is 37.4 Å². The standard InChI is InChI=1S/C7H11NO2S2/c1-5(3-11)2-8-6(9)4-12-7(8)10/h5,11H,2-4H2,1H3. The highest BCUT2D eigenvalue weighted by molar-refractivity contribution is 8.14. The van der Waals surface area contributed by atoms with Crippen molar-refractivity contribution in [3.05, 3.63) is 0 Å². The highest BCUT2D eigenvalue weighted by Crippen LogP contribution is 2.19. The van der Waals surface area contributed by atoms with Crippen molar-refractivity contribution in [1.29, 1.82) is 0 Å². The number of hydrogen-bond donors (Lipinski definition) is 1. The van der Waals surface area contributed by atoms with Gasteiger partial charge in [-0.1, -0.05) is 18.7 Å². The third kappa shape index (κ3) is 2.17. The molecule has 0 aromatic rings. The van der Waals surface area contributed by atoms with E-state index in [0.717, 1.165) is 11.8 Å². The van der Waals surface area contributed by atoms with Crippen LogP contribution in [0.1, 0.15) is 6.92 Å². The molecule has 0 bridgehead atoms. The fraction of sp³-hybridized carbons (Fsp3) is 0.714. The zero-order valence-electron chi connectivity index (χ0n) is 6.82. The van der Waals surface area contributed by atoms with Crippen LogP contribution in [0.5, 0.6) is 0 Å². The average Bonchev–Trinajstić information content (AvgIpc) is 2.35. The first-order valence-electron chi connectivity index (χ1n) is 3.73. The second-order valence-corrected chi connectivity index (χ2v) is 4.14. The van der Waals surface area contributed by atoms with Crippen molar-refractivity contribution in [2.45, 2.75) is 6.92 Å². The summed E-state index contributed by atoms with van der Waals surface area (Å²) in [6.07, 6.45) is 0. The highest BCUT2D eigenvalue weighted by Gasteiger charge is 2.30. The van der Waals surface area contributed by atoms with E-state index in [4.69, 9.17) is 0 Å². The molecule has 0 aromatic heterocycles. The summed E-state index contributed by atoms with van der Waals surface area (Å²) in [4.78, 5) is 23.5. The molecule has 0 radical (unpaired) electrons. The molecule has 2 amide bonds. The summed E-state index contributed by atoms with van der Waals surface area (Å²) in [6, 6.07) is 0. The second-order valence-electron chi connectivity index (χ2n) is 2.85. The number of amides is 2. The predicted molar refractivity (Wildman–Crippen MR) is 52.6 cm³/mol. The Kier molecular flexibility index (Phi) is 3.46. The number of imide groups is 1. The smallest absolute Gasteiger partial charge is 0.273 e. The van der Waals surface area contributed by atoms with Gasteiger partial charge in [0.15, 0.2) is 0 Å². The van der Waals surface area contributed by atoms with Crippen LogP contribution in [-0.2, 0) is 4.79 Å². The molecule has 0 spiro atoms. The predicted octanol–water partition coefficient (Wildman–Crippen LogP) is 1.25. The van der Waals surface area contributed by atoms with Crippen LogP contribution in [0.15, 0.2) is 0 Å². The van der Waals surface area contributed by atoms with Crippen molar-refractivity contribution in [2.75, 3.05) is 18.1 Å². The van der Waals surface area contributed by atoms with Gasteiger partial charge < -0.3 is 0 Å². The Morgan fingerprint density at radius 1 is 1.67 bits per heavy atom. The quantitative estimate of drug-likeness (QED) is 0.705. The first kappa shape index (κ1) is 9.92. The number of thioether (sulfide) groups is 1. The average molecular weight is 205 g/mol. The van der Waals surface area contributed by atoms with Gasteiger partial charge in [-0.25, -0.2) is 0 Å². The van der Waals surface area contributed by atoms with Crippen LogP contribution in [0.2, 0.25) is 0 Å². The van der Waals surface area contributed by atoms with Gasteiger partial charge in [0.05, 0.1) is 5.75 Å². The van der Waals surface area contributed by atoms with Crippen molar-refractivity contribution in [2.24, 2.45) is 5.92 Å². The SMILES string of the molecule is CC(CS)CN1C(=O)CSC1=O. The lowest BCUT2D eigenvalue weighted by atomic mass is 10.2. The summed E-state index contributed by atoms with van der Waals surface area (Å²) in [5.41, 5.74) is 0. The Morgan fingerprint density at radius 2 is 2.33 bits per heavy atom. The normalized spacial score (nSPS) is 20.3. The van der Waals surface area contributed by atoms with Gasteiger partial charge in [0.1, 0.15) is 0 Å². The van der Waals surface area contributed by atoms with E-state index in [1.165, 1.54) is 4.90 Å². The fourth-order valence-corrected chi connectivity index (χ4v) is 1.78. The van der Waals surface area contributed by atoms with Crippen LogP contribution in [0.3, 0.4) is 0 Å². The lowest BCUT2D eigenvalue weighted by Crippen LogP contribution is -2.33. The van der Waals surface area contributed by atoms with Crippen LogP contribution in [0.4, 0.5) is 4.79 Å². The number of carbonyl (C=O) groups excluding carboxylic acids is 2. The van der Waals surface area contributed by atoms with Crippen LogP contribution in [0, 0.1) is 5.92 Å². The van der Waals surface area contributed by atoms with E-state index in [2.05, 4.69) is 12.6 Å². The maximum Gasteiger partial charge on any atom is 0.288 e. The third-order valence-electron chi connectivity index (χ3n) is 1.65. The molecule has 5 heteroatoms. The summed E-state index contributed by atoms with van der Waals surface area (Å²) < 4.78 is 0. The Morgan fingerprint density at radius 3 is 2.75 bits per heavy atom. The number of rotatable bonds is 3. The van der Waals surface area contributed by atoms with Crippen LogP contribution in [-0.4, -0.2) is 34.1 Å². The Labute approximate surface area is 81.3 Å². The largest absolute Gasteiger partial charge is 0.288 e. The summed E-state index contributed by atoms with van der Waals surface area (Å²) in [7, 11) is 0. The van der Waals surface area contributed by atoms with Crippen molar-refractivity contribution in [3.8, 4) is 0 Å². The van der Waals surface area contributed by atoms with Crippen molar-refractivity contribution in [1.82, 2.24) is 4.90 Å². The zero-order chi connectivity index (χ0) is 9.14. The molecule has 12 heavy (non-hydrogen) atoms. The van der Waals surface area contributed by atoms with Crippen molar-refractivity contribution < 1.29 is 9.59 Å². The number of thiol groups is 1. The minimum atomic E-state index is -0.117. The van der Waals surface area contributed by atoms with Crippen LogP contribution in [0.25, 0.3) is 0 Å². The highest BCUT2D eigenvalue weighted by atomic mass is 32.2. The minimum Gasteiger partial charge on any atom is -0.273 e. The van der Waals surface area contributed by atoms with Gasteiger partial charge in [-0.05, 0) is 11.7 Å². The second kappa shape index (κ2) is 4.18. The zero-order valence-corrected chi connectivity index (χ0v) is 8.53. The van der Waals surface area contributed by atoms with E-state index >= 15 is 0 Å². The molecule has 3 nitrogen and oxygen atoms in total. The lowest BCUT2D eigenvalue weighted by Gasteiger charge is -2.16. The number of nitrogens with zero attached hydrogens (tertiary/aromatic N) is 1. The fourth-order valence-electron chi connectivity index (χ4n) is 0.927. The van der Waals surface area contributed by atoms with Crippen molar-refractivity contribution in [3.63, 3.8) is 0 Å². The van der Waals surface area contributed by atoms with E-state index in [-0.39, 0.29) is 17.1 Å². The summed E-state index contributed by atoms with van der Waals surface area (Å²) in [5, 5.41) is -0.117. The Hall–Kier alpha value is -0.160. The van der Waals surface area contributed by atoms with Gasteiger partial charge in [0.25, 0.3) is 5.24 Å². The van der Waals surface area contributed by atoms with Gasteiger partial charge in [0, 0.05) is 6.54 Å². The molecule has 1 aliphatic heterocycles.